The zero-order valence-corrected chi connectivity index (χ0v) is 9.80. The van der Waals surface area contributed by atoms with Crippen LogP contribution in [0.1, 0.15) is 24.2 Å². The van der Waals surface area contributed by atoms with Gasteiger partial charge in [0.15, 0.2) is 11.3 Å². The smallest absolute Gasteiger partial charge is 0.296 e. The molecule has 0 spiro atoms. The van der Waals surface area contributed by atoms with Crippen LogP contribution < -0.4 is 5.11 Å². The van der Waals surface area contributed by atoms with Gasteiger partial charge in [-0.2, -0.15) is 0 Å². The van der Waals surface area contributed by atoms with Gasteiger partial charge in [0.05, 0.1) is 10.4 Å². The zero-order valence-electron chi connectivity index (χ0n) is 9.80. The van der Waals surface area contributed by atoms with Crippen molar-refractivity contribution in [1.29, 1.82) is 0 Å². The fraction of sp³-hybridized carbons (Fsp3) is 0.200. The topological polar surface area (TPSA) is 101 Å². The quantitative estimate of drug-likeness (QED) is 0.490. The van der Waals surface area contributed by atoms with Crippen molar-refractivity contribution in [3.05, 3.63) is 33.6 Å². The van der Waals surface area contributed by atoms with Crippen molar-refractivity contribution in [2.75, 3.05) is 0 Å². The van der Waals surface area contributed by atoms with E-state index in [4.69, 9.17) is 0 Å². The summed E-state index contributed by atoms with van der Waals surface area (Å²) < 4.78 is 50.5. The Labute approximate surface area is 112 Å². The predicted octanol–water partition coefficient (Wildman–Crippen LogP) is 2.01. The Morgan fingerprint density at radius 1 is 1.24 bits per heavy atom. The average Bonchev–Trinajstić information content (AvgIpc) is 2.76. The number of fused-ring (bicyclic) bond motifs is 1. The molecule has 0 aliphatic carbocycles. The first-order valence-corrected chi connectivity index (χ1v) is 5.22. The lowest BCUT2D eigenvalue weighted by atomic mass is 10.1. The van der Waals surface area contributed by atoms with Gasteiger partial charge >= 0.3 is 0 Å². The number of halogens is 4. The van der Waals surface area contributed by atoms with Crippen LogP contribution in [0.5, 0.6) is 0 Å². The Balaban J connectivity index is 2.95. The molecule has 0 unspecified atom stereocenters. The van der Waals surface area contributed by atoms with E-state index in [1.54, 1.807) is 0 Å². The number of nitro benzene ring substituents is 1. The maximum absolute atomic E-state index is 12.7. The summed E-state index contributed by atoms with van der Waals surface area (Å²) in [6, 6.07) is 1.02. The molecule has 0 amide bonds. The van der Waals surface area contributed by atoms with Crippen LogP contribution >= 0.6 is 0 Å². The Hall–Kier alpha value is -2.72. The molecule has 21 heavy (non-hydrogen) atoms. The van der Waals surface area contributed by atoms with Crippen molar-refractivity contribution in [3.8, 4) is 0 Å². The summed E-state index contributed by atoms with van der Waals surface area (Å²) in [7, 11) is 0. The maximum Gasteiger partial charge on any atom is 0.296 e. The van der Waals surface area contributed by atoms with Gasteiger partial charge in [0.25, 0.3) is 18.5 Å². The third kappa shape index (κ3) is 2.37. The van der Waals surface area contributed by atoms with Crippen LogP contribution in [0, 0.1) is 10.1 Å². The lowest BCUT2D eigenvalue weighted by Crippen LogP contribution is -2.30. The van der Waals surface area contributed by atoms with Gasteiger partial charge in [-0.3, -0.25) is 14.7 Å². The Morgan fingerprint density at radius 2 is 1.86 bits per heavy atom. The van der Waals surface area contributed by atoms with Crippen molar-refractivity contribution < 1.29 is 32.4 Å². The highest BCUT2D eigenvalue weighted by Gasteiger charge is 2.28. The molecule has 7 nitrogen and oxygen atoms in total. The third-order valence-electron chi connectivity index (χ3n) is 2.61. The van der Waals surface area contributed by atoms with Gasteiger partial charge in [-0.1, -0.05) is 0 Å². The van der Waals surface area contributed by atoms with E-state index in [0.717, 1.165) is 0 Å². The molecule has 11 heteroatoms. The summed E-state index contributed by atoms with van der Waals surface area (Å²) in [5, 5.41) is 21.8. The Morgan fingerprint density at radius 3 is 2.29 bits per heavy atom. The third-order valence-corrected chi connectivity index (χ3v) is 2.61. The maximum atomic E-state index is 12.7. The van der Waals surface area contributed by atoms with Crippen LogP contribution in [0.2, 0.25) is 0 Å². The zero-order chi connectivity index (χ0) is 15.9. The molecule has 0 saturated carbocycles. The first-order chi connectivity index (χ1) is 9.73. The van der Waals surface area contributed by atoms with E-state index in [1.165, 1.54) is 0 Å². The van der Waals surface area contributed by atoms with Crippen LogP contribution in [0.4, 0.5) is 28.0 Å². The number of nitro groups is 1. The monoisotopic (exact) mass is 306 g/mol. The van der Waals surface area contributed by atoms with E-state index >= 15 is 0 Å². The number of nitrogens with zero attached hydrogens (tertiary/aromatic N) is 3. The summed E-state index contributed by atoms with van der Waals surface area (Å²) in [4.78, 5) is 23.8. The van der Waals surface area contributed by atoms with Gasteiger partial charge in [-0.15, -0.1) is 0 Å². The number of carbonyl (C=O) groups is 1. The molecule has 0 saturated heterocycles. The molecule has 0 radical (unpaired) electrons. The minimum Gasteiger partial charge on any atom is -0.529 e. The van der Waals surface area contributed by atoms with Gasteiger partial charge in [0.1, 0.15) is 6.09 Å². The molecule has 1 aromatic carbocycles. The second kappa shape index (κ2) is 5.00. The molecule has 2 rings (SSSR count). The lowest BCUT2D eigenvalue weighted by molar-refractivity contribution is -0.383. The molecular weight excluding hydrogens is 302 g/mol. The molecule has 0 fully saturated rings. The van der Waals surface area contributed by atoms with Gasteiger partial charge in [0, 0.05) is 11.6 Å². The summed E-state index contributed by atoms with van der Waals surface area (Å²) in [5.41, 5.74) is -3.40. The number of alkyl halides is 4. The highest BCUT2D eigenvalue weighted by Crippen LogP contribution is 2.34. The summed E-state index contributed by atoms with van der Waals surface area (Å²) in [5.74, 6) is -1.33. The van der Waals surface area contributed by atoms with Crippen molar-refractivity contribution in [2.45, 2.75) is 12.9 Å². The first-order valence-electron chi connectivity index (χ1n) is 5.22. The van der Waals surface area contributed by atoms with Gasteiger partial charge in [-0.25, -0.2) is 22.5 Å². The number of carboxylic acid groups (broad SMARTS) is 1. The number of hydrogen-bond donors (Lipinski definition) is 0. The highest BCUT2D eigenvalue weighted by atomic mass is 19.3. The molecule has 0 N–H and O–H groups in total. The van der Waals surface area contributed by atoms with E-state index in [2.05, 4.69) is 4.98 Å². The van der Waals surface area contributed by atoms with Crippen LogP contribution in [-0.2, 0) is 0 Å². The molecule has 1 heterocycles. The first kappa shape index (κ1) is 14.7. The van der Waals surface area contributed by atoms with Gasteiger partial charge in [-0.05, 0) is 6.07 Å². The van der Waals surface area contributed by atoms with E-state index in [-0.39, 0.29) is 4.57 Å². The number of aromatic nitrogens is 2. The molecule has 0 bridgehead atoms. The van der Waals surface area contributed by atoms with E-state index in [9.17, 15) is 37.6 Å². The van der Waals surface area contributed by atoms with Gasteiger partial charge < -0.3 is 9.90 Å². The average molecular weight is 306 g/mol. The highest BCUT2D eigenvalue weighted by molar-refractivity contribution is 5.93. The second-order valence-electron chi connectivity index (χ2n) is 3.84. The molecular formula is C10H4F4N3O4-. The van der Waals surface area contributed by atoms with Crippen LogP contribution in [0.15, 0.2) is 12.1 Å². The van der Waals surface area contributed by atoms with Crippen molar-refractivity contribution in [1.82, 2.24) is 9.55 Å². The predicted molar refractivity (Wildman–Crippen MR) is 57.1 cm³/mol. The van der Waals surface area contributed by atoms with Crippen LogP contribution in [0.25, 0.3) is 11.0 Å². The molecule has 112 valence electrons. The minimum atomic E-state index is -3.38. The summed E-state index contributed by atoms with van der Waals surface area (Å²) in [6.45, 7) is 0. The normalized spacial score (nSPS) is 11.5. The van der Waals surface area contributed by atoms with Crippen molar-refractivity contribution >= 4 is 22.8 Å². The molecule has 0 aliphatic heterocycles. The van der Waals surface area contributed by atoms with E-state index in [1.807, 2.05) is 0 Å². The molecule has 0 atom stereocenters. The number of benzene rings is 1. The van der Waals surface area contributed by atoms with Crippen molar-refractivity contribution in [3.63, 3.8) is 0 Å². The van der Waals surface area contributed by atoms with Crippen LogP contribution in [-0.4, -0.2) is 20.6 Å². The molecule has 0 aliphatic rings. The lowest BCUT2D eigenvalue weighted by Gasteiger charge is -2.09. The summed E-state index contributed by atoms with van der Waals surface area (Å²) in [6.07, 6.45) is -8.68. The standard InChI is InChI=1S/C10H5F4N3O4/c11-7(12)3-1-4-6(5(2-3)17(20)21)16(10(18)19)9(15-4)8(13)14/h1-2,7-8H,(H,18,19)/p-1. The molecule has 2 aromatic rings. The summed E-state index contributed by atoms with van der Waals surface area (Å²) >= 11 is 0. The number of imidazole rings is 1. The van der Waals surface area contributed by atoms with E-state index in [0.29, 0.717) is 12.1 Å². The molecule has 1 aromatic heterocycles. The van der Waals surface area contributed by atoms with E-state index < -0.39 is 52.0 Å². The van der Waals surface area contributed by atoms with Gasteiger partial charge in [0.2, 0.25) is 0 Å². The van der Waals surface area contributed by atoms with Crippen LogP contribution in [0.3, 0.4) is 0 Å². The fourth-order valence-corrected chi connectivity index (χ4v) is 1.82. The van der Waals surface area contributed by atoms with Crippen molar-refractivity contribution in [2.24, 2.45) is 0 Å². The number of hydrogen-bond acceptors (Lipinski definition) is 5. The number of non-ortho nitro benzene ring substituents is 1. The Bertz CT molecular complexity index is 743. The minimum absolute atomic E-state index is 0.187. The largest absolute Gasteiger partial charge is 0.529 e. The Kier molecular flexibility index (Phi) is 3.49. The number of carbonyl (C=O) groups excluding carboxylic acids is 1. The SMILES string of the molecule is O=C([O-])n1c(C(F)F)nc2cc(C(F)F)cc([N+](=O)[O-])c21. The second-order valence-corrected chi connectivity index (χ2v) is 3.84. The fourth-order valence-electron chi connectivity index (χ4n) is 1.82. The number of rotatable bonds is 3.